The number of carbonyl (C=O) groups is 1. The molecule has 3 atom stereocenters. The van der Waals surface area contributed by atoms with E-state index in [-0.39, 0.29) is 24.3 Å². The highest BCUT2D eigenvalue weighted by atomic mass is 16.6. The van der Waals surface area contributed by atoms with Crippen molar-refractivity contribution in [2.24, 2.45) is 11.7 Å². The summed E-state index contributed by atoms with van der Waals surface area (Å²) in [6, 6.07) is 0.616. The summed E-state index contributed by atoms with van der Waals surface area (Å²) < 4.78 is 11.9. The first-order chi connectivity index (χ1) is 12.8. The Bertz CT molecular complexity index is 480. The molecule has 0 aromatic heterocycles. The van der Waals surface area contributed by atoms with Crippen LogP contribution in [0, 0.1) is 5.92 Å². The zero-order valence-corrected chi connectivity index (χ0v) is 17.4. The topological polar surface area (TPSA) is 76.8 Å². The lowest BCUT2D eigenvalue weighted by atomic mass is 9.79. The number of carbonyl (C=O) groups excluding carboxylic acids is 1. The Morgan fingerprint density at radius 1 is 1.07 bits per heavy atom. The predicted octanol–water partition coefficient (Wildman–Crippen LogP) is 3.04. The monoisotopic (exact) mass is 381 g/mol. The van der Waals surface area contributed by atoms with Crippen molar-refractivity contribution in [2.75, 3.05) is 19.6 Å². The molecular formula is C21H39N3O3. The van der Waals surface area contributed by atoms with Gasteiger partial charge in [-0.1, -0.05) is 19.3 Å². The van der Waals surface area contributed by atoms with Crippen LogP contribution in [-0.2, 0) is 9.47 Å². The smallest absolute Gasteiger partial charge is 0.410 e. The number of hydrogen-bond acceptors (Lipinski definition) is 5. The molecule has 0 aromatic carbocycles. The number of nitrogens with one attached hydrogen (secondary N) is 1. The molecular weight excluding hydrogens is 342 g/mol. The second kappa shape index (κ2) is 9.10. The third-order valence-corrected chi connectivity index (χ3v) is 6.26. The molecule has 6 nitrogen and oxygen atoms in total. The van der Waals surface area contributed by atoms with Gasteiger partial charge in [-0.3, -0.25) is 0 Å². The summed E-state index contributed by atoms with van der Waals surface area (Å²) in [5, 5.41) is 3.68. The molecule has 0 aromatic rings. The van der Waals surface area contributed by atoms with Gasteiger partial charge in [0.05, 0.1) is 12.2 Å². The Labute approximate surface area is 164 Å². The van der Waals surface area contributed by atoms with Gasteiger partial charge in [-0.05, 0) is 58.8 Å². The van der Waals surface area contributed by atoms with E-state index in [9.17, 15) is 4.79 Å². The van der Waals surface area contributed by atoms with Crippen LogP contribution in [0.3, 0.4) is 0 Å². The summed E-state index contributed by atoms with van der Waals surface area (Å²) in [5.74, 6) is 0.784. The van der Waals surface area contributed by atoms with Crippen LogP contribution in [0.15, 0.2) is 0 Å². The van der Waals surface area contributed by atoms with Crippen molar-refractivity contribution in [3.05, 3.63) is 0 Å². The maximum Gasteiger partial charge on any atom is 0.410 e. The molecule has 3 aliphatic rings. The van der Waals surface area contributed by atoms with Crippen molar-refractivity contribution < 1.29 is 14.3 Å². The number of rotatable bonds is 3. The molecule has 6 heteroatoms. The van der Waals surface area contributed by atoms with Crippen molar-refractivity contribution in [2.45, 2.75) is 102 Å². The minimum atomic E-state index is -0.444. The fourth-order valence-corrected chi connectivity index (χ4v) is 4.73. The second-order valence-electron chi connectivity index (χ2n) is 9.65. The van der Waals surface area contributed by atoms with Crippen LogP contribution in [0.25, 0.3) is 0 Å². The highest BCUT2D eigenvalue weighted by Gasteiger charge is 2.36. The van der Waals surface area contributed by atoms with E-state index in [1.807, 2.05) is 20.8 Å². The van der Waals surface area contributed by atoms with Crippen LogP contribution < -0.4 is 11.1 Å². The minimum absolute atomic E-state index is 0.0636. The molecule has 3 fully saturated rings. The Morgan fingerprint density at radius 2 is 1.74 bits per heavy atom. The zero-order valence-electron chi connectivity index (χ0n) is 17.4. The Hall–Kier alpha value is -0.850. The normalized spacial score (nSPS) is 31.7. The Morgan fingerprint density at radius 3 is 2.37 bits per heavy atom. The summed E-state index contributed by atoms with van der Waals surface area (Å²) in [7, 11) is 0. The van der Waals surface area contributed by atoms with Crippen molar-refractivity contribution in [3.63, 3.8) is 0 Å². The fraction of sp³-hybridized carbons (Fsp3) is 0.952. The zero-order chi connectivity index (χ0) is 19.4. The lowest BCUT2D eigenvalue weighted by Crippen LogP contribution is -2.58. The molecule has 2 heterocycles. The number of piperidine rings is 2. The molecule has 2 saturated heterocycles. The van der Waals surface area contributed by atoms with Crippen LogP contribution >= 0.6 is 0 Å². The standard InChI is InChI=1S/C21H39N3O3/c1-21(2,3)27-20(25)24-11-9-16(10-12-24)26-19-13-18(23-14-17(19)22)15-7-5-4-6-8-15/h15-19,23H,4-14,22H2,1-3H3. The number of ether oxygens (including phenoxy) is 2. The second-order valence-corrected chi connectivity index (χ2v) is 9.65. The van der Waals surface area contributed by atoms with E-state index in [4.69, 9.17) is 15.2 Å². The minimum Gasteiger partial charge on any atom is -0.444 e. The highest BCUT2D eigenvalue weighted by Crippen LogP contribution is 2.31. The lowest BCUT2D eigenvalue weighted by Gasteiger charge is -2.42. The summed E-state index contributed by atoms with van der Waals surface area (Å²) in [6.07, 6.45) is 9.68. The van der Waals surface area contributed by atoms with Crippen LogP contribution in [0.4, 0.5) is 4.79 Å². The molecule has 3 unspecified atom stereocenters. The lowest BCUT2D eigenvalue weighted by molar-refractivity contribution is -0.0716. The molecule has 3 N–H and O–H groups in total. The van der Waals surface area contributed by atoms with Crippen LogP contribution in [0.5, 0.6) is 0 Å². The molecule has 0 radical (unpaired) electrons. The Balaban J connectivity index is 1.45. The summed E-state index contributed by atoms with van der Waals surface area (Å²) in [4.78, 5) is 14.0. The average Bonchev–Trinajstić information content (AvgIpc) is 2.63. The van der Waals surface area contributed by atoms with E-state index >= 15 is 0 Å². The fourth-order valence-electron chi connectivity index (χ4n) is 4.73. The molecule has 1 amide bonds. The van der Waals surface area contributed by atoms with Crippen molar-refractivity contribution >= 4 is 6.09 Å². The number of nitrogens with zero attached hydrogens (tertiary/aromatic N) is 1. The molecule has 0 bridgehead atoms. The van der Waals surface area contributed by atoms with Gasteiger partial charge in [0.15, 0.2) is 0 Å². The molecule has 1 aliphatic carbocycles. The van der Waals surface area contributed by atoms with Crippen LogP contribution in [0.2, 0.25) is 0 Å². The van der Waals surface area contributed by atoms with Crippen molar-refractivity contribution in [3.8, 4) is 0 Å². The number of amides is 1. The van der Waals surface area contributed by atoms with Gasteiger partial charge in [0.1, 0.15) is 5.60 Å². The molecule has 1 saturated carbocycles. The first-order valence-corrected chi connectivity index (χ1v) is 10.9. The van der Waals surface area contributed by atoms with E-state index in [0.29, 0.717) is 19.1 Å². The Kier molecular flexibility index (Phi) is 7.03. The summed E-state index contributed by atoms with van der Waals surface area (Å²) in [5.41, 5.74) is 5.92. The van der Waals surface area contributed by atoms with Gasteiger partial charge in [-0.25, -0.2) is 4.79 Å². The van der Waals surface area contributed by atoms with E-state index in [2.05, 4.69) is 5.32 Å². The van der Waals surface area contributed by atoms with Gasteiger partial charge < -0.3 is 25.4 Å². The molecule has 2 aliphatic heterocycles. The third-order valence-electron chi connectivity index (χ3n) is 6.26. The van der Waals surface area contributed by atoms with Gasteiger partial charge >= 0.3 is 6.09 Å². The van der Waals surface area contributed by atoms with E-state index in [1.165, 1.54) is 32.1 Å². The molecule has 3 rings (SSSR count). The largest absolute Gasteiger partial charge is 0.444 e. The van der Waals surface area contributed by atoms with Gasteiger partial charge in [-0.15, -0.1) is 0 Å². The quantitative estimate of drug-likeness (QED) is 0.786. The number of likely N-dealkylation sites (tertiary alicyclic amines) is 1. The number of hydrogen-bond donors (Lipinski definition) is 2. The van der Waals surface area contributed by atoms with Gasteiger partial charge in [0.25, 0.3) is 0 Å². The van der Waals surface area contributed by atoms with Crippen LogP contribution in [0.1, 0.15) is 72.1 Å². The maximum atomic E-state index is 12.2. The number of nitrogens with two attached hydrogens (primary N) is 1. The molecule has 0 spiro atoms. The summed E-state index contributed by atoms with van der Waals surface area (Å²) >= 11 is 0. The first kappa shape index (κ1) is 20.9. The van der Waals surface area contributed by atoms with E-state index < -0.39 is 5.60 Å². The van der Waals surface area contributed by atoms with E-state index in [1.54, 1.807) is 4.90 Å². The van der Waals surface area contributed by atoms with Gasteiger partial charge in [-0.2, -0.15) is 0 Å². The maximum absolute atomic E-state index is 12.2. The average molecular weight is 382 g/mol. The SMILES string of the molecule is CC(C)(C)OC(=O)N1CCC(OC2CC(C3CCCCC3)NCC2N)CC1. The molecule has 156 valence electrons. The van der Waals surface area contributed by atoms with E-state index in [0.717, 1.165) is 31.7 Å². The summed E-state index contributed by atoms with van der Waals surface area (Å²) in [6.45, 7) is 7.96. The predicted molar refractivity (Wildman–Crippen MR) is 107 cm³/mol. The first-order valence-electron chi connectivity index (χ1n) is 10.9. The van der Waals surface area contributed by atoms with Gasteiger partial charge in [0.2, 0.25) is 0 Å². The molecule has 27 heavy (non-hydrogen) atoms. The highest BCUT2D eigenvalue weighted by molar-refractivity contribution is 5.68. The van der Waals surface area contributed by atoms with Crippen molar-refractivity contribution in [1.82, 2.24) is 10.2 Å². The van der Waals surface area contributed by atoms with Crippen LogP contribution in [-0.4, -0.2) is 60.5 Å². The van der Waals surface area contributed by atoms with Crippen molar-refractivity contribution in [1.29, 1.82) is 0 Å². The third kappa shape index (κ3) is 6.06. The van der Waals surface area contributed by atoms with Gasteiger partial charge in [0, 0.05) is 31.7 Å².